The van der Waals surface area contributed by atoms with Crippen LogP contribution in [0.3, 0.4) is 0 Å². The number of aromatic nitrogens is 1. The van der Waals surface area contributed by atoms with Crippen molar-refractivity contribution < 1.29 is 37.1 Å². The molecule has 0 spiro atoms. The first-order valence-electron chi connectivity index (χ1n) is 19.4. The first-order chi connectivity index (χ1) is 25.9. The summed E-state index contributed by atoms with van der Waals surface area (Å²) in [6.07, 6.45) is 8.65. The molecular weight excluding hydrogens is 725 g/mol. The number of pyridine rings is 1. The van der Waals surface area contributed by atoms with Gasteiger partial charge in [0.05, 0.1) is 18.4 Å². The summed E-state index contributed by atoms with van der Waals surface area (Å²) in [6, 6.07) is 4.75. The predicted molar refractivity (Wildman–Crippen MR) is 208 cm³/mol. The number of benzene rings is 1. The minimum atomic E-state index is -3.99. The first-order valence-corrected chi connectivity index (χ1v) is 20.9. The lowest BCUT2D eigenvalue weighted by Crippen LogP contribution is -2.60. The van der Waals surface area contributed by atoms with Crippen LogP contribution in [0, 0.1) is 17.8 Å². The number of carbonyl (C=O) groups is 4. The number of amides is 5. The van der Waals surface area contributed by atoms with Crippen LogP contribution in [0.5, 0.6) is 11.6 Å². The Balaban J connectivity index is 1.37. The van der Waals surface area contributed by atoms with Gasteiger partial charge in [-0.3, -0.25) is 19.1 Å². The third kappa shape index (κ3) is 8.56. The Labute approximate surface area is 324 Å². The standard InChI is InChI=1S/C40H56N6O8S/c1-8-25-20-24(2)12-9-10-13-26-22-40(26,36(49)45-55(51,52)39(6)17-18-39)43-33(47)30-21-27(23-46(30)35(48)32(25)42-37(50)44-38(3,4)5)54-34-29-14-11-15-31(53-7)28(29)16-19-41-34/h10-11,13-16,19,24-27,30,32H,8-9,12,17-18,20-23H2,1-7H3,(H,43,47)(H,45,49)(H2,42,44,50)/b13-10-/t24-,25+,26?,27+,30-,32-,40?/m0/s1. The van der Waals surface area contributed by atoms with Crippen molar-refractivity contribution in [3.63, 3.8) is 0 Å². The van der Waals surface area contributed by atoms with E-state index < -0.39 is 73.7 Å². The van der Waals surface area contributed by atoms with Crippen LogP contribution >= 0.6 is 0 Å². The van der Waals surface area contributed by atoms with Crippen LogP contribution in [-0.4, -0.2) is 89.7 Å². The van der Waals surface area contributed by atoms with Crippen molar-refractivity contribution in [1.82, 2.24) is 30.6 Å². The van der Waals surface area contributed by atoms with Crippen LogP contribution in [0.4, 0.5) is 4.79 Å². The number of urea groups is 1. The molecule has 1 aromatic heterocycles. The average molecular weight is 781 g/mol. The van der Waals surface area contributed by atoms with Gasteiger partial charge >= 0.3 is 6.03 Å². The SMILES string of the molecule is CC[C@@H]1C[C@@H](C)CC/C=C\C2CC2(C(=O)NS(=O)(=O)C2(C)CC2)NC(=O)[C@@H]2C[C@@H](Oc3nccc4c(OC)cccc34)CN2C(=O)[C@H]1NC(=O)NC(C)(C)C. The van der Waals surface area contributed by atoms with E-state index in [-0.39, 0.29) is 31.2 Å². The number of hydrogen-bond acceptors (Lipinski definition) is 9. The number of allylic oxidation sites excluding steroid dienone is 1. The summed E-state index contributed by atoms with van der Waals surface area (Å²) in [5, 5.41) is 10.3. The van der Waals surface area contributed by atoms with Gasteiger partial charge in [-0.05, 0) is 96.3 Å². The molecule has 1 aromatic carbocycles. The molecule has 3 heterocycles. The molecule has 2 aliphatic heterocycles. The van der Waals surface area contributed by atoms with Gasteiger partial charge in [-0.25, -0.2) is 18.2 Å². The molecule has 6 rings (SSSR count). The zero-order chi connectivity index (χ0) is 39.9. The summed E-state index contributed by atoms with van der Waals surface area (Å²) in [6.45, 7) is 11.3. The van der Waals surface area contributed by atoms with Crippen LogP contribution in [0.15, 0.2) is 42.6 Å². The highest BCUT2D eigenvalue weighted by Crippen LogP contribution is 2.47. The average Bonchev–Trinajstić information content (AvgIpc) is 4.00. The third-order valence-electron chi connectivity index (χ3n) is 11.6. The number of rotatable bonds is 8. The van der Waals surface area contributed by atoms with Crippen molar-refractivity contribution in [3.05, 3.63) is 42.6 Å². The number of carbonyl (C=O) groups excluding carboxylic acids is 4. The Morgan fingerprint density at radius 1 is 1.11 bits per heavy atom. The fourth-order valence-electron chi connectivity index (χ4n) is 7.91. The van der Waals surface area contributed by atoms with Gasteiger partial charge in [0.25, 0.3) is 5.91 Å². The molecule has 4 aliphatic rings. The van der Waals surface area contributed by atoms with Crippen molar-refractivity contribution in [1.29, 1.82) is 0 Å². The van der Waals surface area contributed by atoms with E-state index in [0.29, 0.717) is 49.1 Å². The number of hydrogen-bond donors (Lipinski definition) is 4. The van der Waals surface area contributed by atoms with E-state index in [1.54, 1.807) is 20.2 Å². The van der Waals surface area contributed by atoms with E-state index in [0.717, 1.165) is 11.8 Å². The summed E-state index contributed by atoms with van der Waals surface area (Å²) < 4.78 is 39.7. The lowest BCUT2D eigenvalue weighted by molar-refractivity contribution is -0.142. The van der Waals surface area contributed by atoms with Gasteiger partial charge in [0.2, 0.25) is 27.7 Å². The molecular formula is C40H56N6O8S. The maximum Gasteiger partial charge on any atom is 0.315 e. The number of ether oxygens (including phenoxy) is 2. The van der Waals surface area contributed by atoms with Gasteiger partial charge in [0.15, 0.2) is 0 Å². The van der Waals surface area contributed by atoms with Crippen molar-refractivity contribution in [2.24, 2.45) is 17.8 Å². The van der Waals surface area contributed by atoms with Gasteiger partial charge in [-0.15, -0.1) is 0 Å². The highest BCUT2D eigenvalue weighted by atomic mass is 32.2. The molecule has 14 nitrogen and oxygen atoms in total. The summed E-state index contributed by atoms with van der Waals surface area (Å²) >= 11 is 0. The second kappa shape index (κ2) is 15.3. The molecule has 15 heteroatoms. The van der Waals surface area contributed by atoms with Crippen LogP contribution < -0.4 is 30.1 Å². The first kappa shape index (κ1) is 40.3. The lowest BCUT2D eigenvalue weighted by Gasteiger charge is -2.34. The second-order valence-corrected chi connectivity index (χ2v) is 19.3. The minimum absolute atomic E-state index is 0.000719. The number of nitrogens with zero attached hydrogens (tertiary/aromatic N) is 2. The Morgan fingerprint density at radius 3 is 2.53 bits per heavy atom. The number of fused-ring (bicyclic) bond motifs is 3. The van der Waals surface area contributed by atoms with Crippen molar-refractivity contribution in [3.8, 4) is 11.6 Å². The van der Waals surface area contributed by atoms with E-state index in [1.807, 2.05) is 64.1 Å². The van der Waals surface area contributed by atoms with Crippen molar-refractivity contribution in [2.45, 2.75) is 127 Å². The molecule has 2 aromatic rings. The third-order valence-corrected chi connectivity index (χ3v) is 13.8. The van der Waals surface area contributed by atoms with Crippen molar-refractivity contribution in [2.75, 3.05) is 13.7 Å². The number of sulfonamides is 1. The van der Waals surface area contributed by atoms with E-state index >= 15 is 0 Å². The van der Waals surface area contributed by atoms with Gasteiger partial charge in [-0.2, -0.15) is 0 Å². The van der Waals surface area contributed by atoms with Gasteiger partial charge in [0.1, 0.15) is 29.5 Å². The molecule has 2 aliphatic carbocycles. The monoisotopic (exact) mass is 780 g/mol. The zero-order valence-corrected chi connectivity index (χ0v) is 33.8. The number of methoxy groups -OCH3 is 1. The van der Waals surface area contributed by atoms with Gasteiger partial charge < -0.3 is 30.3 Å². The summed E-state index contributed by atoms with van der Waals surface area (Å²) in [5.74, 6) is -1.41. The summed E-state index contributed by atoms with van der Waals surface area (Å²) in [4.78, 5) is 62.8. The molecule has 2 unspecified atom stereocenters. The highest BCUT2D eigenvalue weighted by Gasteiger charge is 2.63. The summed E-state index contributed by atoms with van der Waals surface area (Å²) in [7, 11) is -2.42. The fraction of sp³-hybridized carbons (Fsp3) is 0.625. The van der Waals surface area contributed by atoms with Crippen LogP contribution in [-0.2, 0) is 24.4 Å². The Kier molecular flexibility index (Phi) is 11.2. The van der Waals surface area contributed by atoms with E-state index in [1.165, 1.54) is 4.90 Å². The normalized spacial score (nSPS) is 30.1. The fourth-order valence-corrected chi connectivity index (χ4v) is 9.23. The van der Waals surface area contributed by atoms with Crippen molar-refractivity contribution >= 4 is 44.5 Å². The molecule has 2 saturated carbocycles. The topological polar surface area (TPSA) is 185 Å². The molecule has 0 bridgehead atoms. The predicted octanol–water partition coefficient (Wildman–Crippen LogP) is 4.33. The maximum atomic E-state index is 14.9. The molecule has 0 radical (unpaired) electrons. The molecule has 300 valence electrons. The van der Waals surface area contributed by atoms with E-state index in [9.17, 15) is 27.6 Å². The Hall–Kier alpha value is -4.40. The molecule has 1 saturated heterocycles. The smallest absolute Gasteiger partial charge is 0.315 e. The molecule has 3 fully saturated rings. The van der Waals surface area contributed by atoms with Gasteiger partial charge in [0, 0.05) is 34.8 Å². The quantitative estimate of drug-likeness (QED) is 0.283. The van der Waals surface area contributed by atoms with Crippen LogP contribution in [0.1, 0.15) is 92.9 Å². The lowest BCUT2D eigenvalue weighted by atomic mass is 9.85. The van der Waals surface area contributed by atoms with Gasteiger partial charge in [-0.1, -0.05) is 38.5 Å². The Morgan fingerprint density at radius 2 is 1.85 bits per heavy atom. The number of nitrogens with one attached hydrogen (secondary N) is 4. The van der Waals surface area contributed by atoms with E-state index in [4.69, 9.17) is 9.47 Å². The molecule has 5 amide bonds. The largest absolute Gasteiger partial charge is 0.496 e. The minimum Gasteiger partial charge on any atom is -0.496 e. The highest BCUT2D eigenvalue weighted by molar-refractivity contribution is 7.91. The van der Waals surface area contributed by atoms with Crippen LogP contribution in [0.2, 0.25) is 0 Å². The molecule has 4 N–H and O–H groups in total. The molecule has 55 heavy (non-hydrogen) atoms. The summed E-state index contributed by atoms with van der Waals surface area (Å²) in [5.41, 5.74) is -2.09. The molecule has 7 atom stereocenters. The van der Waals surface area contributed by atoms with E-state index in [2.05, 4.69) is 32.6 Å². The van der Waals surface area contributed by atoms with Crippen LogP contribution in [0.25, 0.3) is 10.8 Å². The zero-order valence-electron chi connectivity index (χ0n) is 32.9. The Bertz CT molecular complexity index is 1960. The maximum absolute atomic E-state index is 14.9. The second-order valence-electron chi connectivity index (χ2n) is 17.2.